The van der Waals surface area contributed by atoms with Crippen LogP contribution >= 0.6 is 0 Å². The number of furan rings is 1. The van der Waals surface area contributed by atoms with E-state index in [4.69, 9.17) is 9.15 Å². The van der Waals surface area contributed by atoms with Gasteiger partial charge in [0.15, 0.2) is 11.4 Å². The summed E-state index contributed by atoms with van der Waals surface area (Å²) in [5.41, 5.74) is -0.333. The van der Waals surface area contributed by atoms with E-state index in [1.807, 2.05) is 13.0 Å². The highest BCUT2D eigenvalue weighted by molar-refractivity contribution is 5.97. The zero-order valence-corrected chi connectivity index (χ0v) is 19.9. The van der Waals surface area contributed by atoms with Gasteiger partial charge in [-0.1, -0.05) is 13.8 Å². The Kier molecular flexibility index (Phi) is 5.63. The van der Waals surface area contributed by atoms with Gasteiger partial charge >= 0.3 is 0 Å². The molecule has 0 saturated carbocycles. The van der Waals surface area contributed by atoms with Crippen molar-refractivity contribution in [2.75, 3.05) is 36.9 Å². The van der Waals surface area contributed by atoms with Gasteiger partial charge in [0, 0.05) is 19.3 Å². The van der Waals surface area contributed by atoms with E-state index in [0.717, 1.165) is 29.9 Å². The number of aromatic hydroxyl groups is 1. The molecular formula is C25H28N4O6. The number of carbonyl (C=O) groups excluding carboxylic acids is 1. The molecule has 3 N–H and O–H groups in total. The fraction of sp³-hybridized carbons (Fsp3) is 0.440. The van der Waals surface area contributed by atoms with Crippen molar-refractivity contribution in [2.45, 2.75) is 39.7 Å². The van der Waals surface area contributed by atoms with Crippen molar-refractivity contribution in [1.29, 1.82) is 0 Å². The zero-order chi connectivity index (χ0) is 24.9. The van der Waals surface area contributed by atoms with E-state index in [9.17, 15) is 19.5 Å². The van der Waals surface area contributed by atoms with Gasteiger partial charge in [-0.15, -0.1) is 0 Å². The molecule has 3 aromatic rings. The second kappa shape index (κ2) is 8.53. The van der Waals surface area contributed by atoms with Crippen LogP contribution in [0.15, 0.2) is 32.3 Å². The summed E-state index contributed by atoms with van der Waals surface area (Å²) in [4.78, 5) is 43.5. The van der Waals surface area contributed by atoms with Gasteiger partial charge in [-0.05, 0) is 42.9 Å². The Morgan fingerprint density at radius 1 is 1.20 bits per heavy atom. The van der Waals surface area contributed by atoms with E-state index in [1.165, 1.54) is 12.3 Å². The summed E-state index contributed by atoms with van der Waals surface area (Å²) in [5, 5.41) is 16.9. The molecule has 1 atom stereocenters. The molecule has 1 amide bonds. The molecule has 184 valence electrons. The minimum atomic E-state index is -0.700. The summed E-state index contributed by atoms with van der Waals surface area (Å²) in [6.45, 7) is 7.68. The Labute approximate surface area is 201 Å². The van der Waals surface area contributed by atoms with Crippen LogP contribution < -0.4 is 21.5 Å². The normalized spacial score (nSPS) is 19.4. The van der Waals surface area contributed by atoms with Crippen LogP contribution in [0.3, 0.4) is 0 Å². The number of morpholine rings is 1. The maximum absolute atomic E-state index is 12.8. The second-order valence-corrected chi connectivity index (χ2v) is 9.81. The molecule has 2 aliphatic rings. The lowest BCUT2D eigenvalue weighted by molar-refractivity contribution is 0.0297. The highest BCUT2D eigenvalue weighted by atomic mass is 16.5. The number of amides is 1. The monoisotopic (exact) mass is 480 g/mol. The highest BCUT2D eigenvalue weighted by Crippen LogP contribution is 2.46. The van der Waals surface area contributed by atoms with E-state index in [-0.39, 0.29) is 40.0 Å². The Morgan fingerprint density at radius 2 is 1.91 bits per heavy atom. The number of nitrogens with zero attached hydrogens (tertiary/aromatic N) is 2. The highest BCUT2D eigenvalue weighted by Gasteiger charge is 2.40. The van der Waals surface area contributed by atoms with Crippen molar-refractivity contribution in [3.05, 3.63) is 61.6 Å². The molecule has 10 heteroatoms. The van der Waals surface area contributed by atoms with Crippen LogP contribution in [-0.4, -0.2) is 47.2 Å². The molecule has 1 aliphatic carbocycles. The Morgan fingerprint density at radius 3 is 2.66 bits per heavy atom. The van der Waals surface area contributed by atoms with Gasteiger partial charge in [0.25, 0.3) is 16.8 Å². The Hall–Kier alpha value is -3.66. The van der Waals surface area contributed by atoms with Gasteiger partial charge in [-0.3, -0.25) is 14.4 Å². The van der Waals surface area contributed by atoms with E-state index in [2.05, 4.69) is 29.5 Å². The maximum atomic E-state index is 12.8. The Balaban J connectivity index is 1.43. The predicted octanol–water partition coefficient (Wildman–Crippen LogP) is 2.63. The lowest BCUT2D eigenvalue weighted by Gasteiger charge is -2.38. The number of fused-ring (bicyclic) bond motifs is 1. The number of aryl methyl sites for hydroxylation is 2. The lowest BCUT2D eigenvalue weighted by atomic mass is 9.73. The summed E-state index contributed by atoms with van der Waals surface area (Å²) in [6, 6.07) is 3.14. The third kappa shape index (κ3) is 3.97. The molecule has 0 radical (unpaired) electrons. The molecule has 10 nitrogen and oxygen atoms in total. The molecule has 2 aromatic heterocycles. The van der Waals surface area contributed by atoms with Crippen LogP contribution in [0.1, 0.15) is 53.9 Å². The van der Waals surface area contributed by atoms with Crippen LogP contribution in [0.5, 0.6) is 5.75 Å². The van der Waals surface area contributed by atoms with E-state index < -0.39 is 16.8 Å². The number of aromatic nitrogens is 1. The van der Waals surface area contributed by atoms with Crippen molar-refractivity contribution in [2.24, 2.45) is 5.41 Å². The first-order chi connectivity index (χ1) is 16.7. The summed E-state index contributed by atoms with van der Waals surface area (Å²) < 4.78 is 11.2. The number of ether oxygens (including phenoxy) is 1. The minimum Gasteiger partial charge on any atom is -0.504 e. The molecule has 5 rings (SSSR count). The topological polar surface area (TPSA) is 134 Å². The molecule has 1 fully saturated rings. The smallest absolute Gasteiger partial charge is 0.276 e. The molecule has 0 bridgehead atoms. The third-order valence-electron chi connectivity index (χ3n) is 6.93. The third-order valence-corrected chi connectivity index (χ3v) is 6.93. The van der Waals surface area contributed by atoms with E-state index in [1.54, 1.807) is 4.90 Å². The molecule has 1 aromatic carbocycles. The van der Waals surface area contributed by atoms with Gasteiger partial charge in [-0.2, -0.15) is 0 Å². The molecule has 1 saturated heterocycles. The van der Waals surface area contributed by atoms with Crippen molar-refractivity contribution in [1.82, 2.24) is 9.88 Å². The van der Waals surface area contributed by atoms with Crippen LogP contribution in [-0.2, 0) is 11.2 Å². The number of carbonyl (C=O) groups is 1. The largest absolute Gasteiger partial charge is 0.504 e. The number of anilines is 3. The molecule has 1 aliphatic heterocycles. The first-order valence-electron chi connectivity index (χ1n) is 11.7. The van der Waals surface area contributed by atoms with Crippen LogP contribution in [0.25, 0.3) is 0 Å². The minimum absolute atomic E-state index is 0.0347. The molecular weight excluding hydrogens is 452 g/mol. The average Bonchev–Trinajstić information content (AvgIpc) is 3.23. The SMILES string of the molecule is Cc1cc2c(o1)C(Nc1c(Nc3ccnc(C(=O)N4CCOCC4)c3O)c(=O)c1=O)C(C)(C)CC2. The van der Waals surface area contributed by atoms with Crippen molar-refractivity contribution < 1.29 is 19.1 Å². The first kappa shape index (κ1) is 23.1. The van der Waals surface area contributed by atoms with Gasteiger partial charge in [0.2, 0.25) is 0 Å². The van der Waals surface area contributed by atoms with Crippen molar-refractivity contribution in [3.8, 4) is 5.75 Å². The number of hydrogen-bond acceptors (Lipinski definition) is 9. The summed E-state index contributed by atoms with van der Waals surface area (Å²) in [7, 11) is 0. The number of rotatable bonds is 5. The average molecular weight is 481 g/mol. The lowest BCUT2D eigenvalue weighted by Crippen LogP contribution is -2.41. The molecule has 0 spiro atoms. The van der Waals surface area contributed by atoms with E-state index >= 15 is 0 Å². The van der Waals surface area contributed by atoms with Gasteiger partial charge in [-0.25, -0.2) is 4.98 Å². The predicted molar refractivity (Wildman–Crippen MR) is 129 cm³/mol. The standard InChI is InChI=1S/C25H28N4O6/c1-13-12-14-4-6-25(2,3)23(22(14)35-13)28-17-16(20(31)21(17)32)27-15-5-7-26-18(19(15)30)24(33)29-8-10-34-11-9-29/h5,7,12,23,28,30H,4,6,8-11H2,1-3H3,(H,26,27). The zero-order valence-electron chi connectivity index (χ0n) is 19.9. The maximum Gasteiger partial charge on any atom is 0.276 e. The number of pyridine rings is 1. The van der Waals surface area contributed by atoms with Crippen molar-refractivity contribution >= 4 is 23.0 Å². The number of hydrogen-bond donors (Lipinski definition) is 3. The van der Waals surface area contributed by atoms with Crippen LogP contribution in [0.4, 0.5) is 17.1 Å². The molecule has 1 unspecified atom stereocenters. The summed E-state index contributed by atoms with van der Waals surface area (Å²) >= 11 is 0. The van der Waals surface area contributed by atoms with Gasteiger partial charge in [0.1, 0.15) is 22.9 Å². The van der Waals surface area contributed by atoms with Gasteiger partial charge < -0.3 is 29.8 Å². The van der Waals surface area contributed by atoms with E-state index in [0.29, 0.717) is 26.3 Å². The van der Waals surface area contributed by atoms with Gasteiger partial charge in [0.05, 0.1) is 24.9 Å². The summed E-state index contributed by atoms with van der Waals surface area (Å²) in [5.74, 6) is 0.748. The Bertz CT molecular complexity index is 1360. The fourth-order valence-corrected chi connectivity index (χ4v) is 4.80. The fourth-order valence-electron chi connectivity index (χ4n) is 4.80. The molecule has 35 heavy (non-hydrogen) atoms. The molecule has 3 heterocycles. The first-order valence-corrected chi connectivity index (χ1v) is 11.7. The quantitative estimate of drug-likeness (QED) is 0.471. The van der Waals surface area contributed by atoms with Crippen LogP contribution in [0, 0.1) is 12.3 Å². The number of nitrogens with one attached hydrogen (secondary N) is 2. The summed E-state index contributed by atoms with van der Waals surface area (Å²) in [6.07, 6.45) is 3.13. The second-order valence-electron chi connectivity index (χ2n) is 9.81. The van der Waals surface area contributed by atoms with Crippen molar-refractivity contribution in [3.63, 3.8) is 0 Å². The van der Waals surface area contributed by atoms with Crippen LogP contribution in [0.2, 0.25) is 0 Å².